The first-order valence-corrected chi connectivity index (χ1v) is 6.62. The first-order chi connectivity index (χ1) is 7.11. The third-order valence-electron chi connectivity index (χ3n) is 1.82. The van der Waals surface area contributed by atoms with Crippen LogP contribution in [0.1, 0.15) is 19.5 Å². The number of nitrogens with zero attached hydrogens (tertiary/aromatic N) is 2. The molecule has 15 heavy (non-hydrogen) atoms. The van der Waals surface area contributed by atoms with Gasteiger partial charge in [0.15, 0.2) is 0 Å². The van der Waals surface area contributed by atoms with Gasteiger partial charge in [-0.25, -0.2) is 0 Å². The fraction of sp³-hybridized carbons (Fsp3) is 0.667. The second kappa shape index (κ2) is 5.45. The highest BCUT2D eigenvalue weighted by Gasteiger charge is 2.25. The van der Waals surface area contributed by atoms with Gasteiger partial charge < -0.3 is 9.05 Å². The molecule has 6 heteroatoms. The fourth-order valence-corrected chi connectivity index (χ4v) is 2.80. The number of hydrogen-bond acceptors (Lipinski definition) is 4. The van der Waals surface area contributed by atoms with Crippen LogP contribution >= 0.6 is 7.60 Å². The van der Waals surface area contributed by atoms with Crippen LogP contribution < -0.4 is 0 Å². The zero-order chi connectivity index (χ0) is 11.3. The van der Waals surface area contributed by atoms with Gasteiger partial charge in [0.2, 0.25) is 0 Å². The molecule has 0 aliphatic heterocycles. The molecule has 0 N–H and O–H groups in total. The molecule has 0 bridgehead atoms. The van der Waals surface area contributed by atoms with Crippen molar-refractivity contribution in [3.05, 3.63) is 18.0 Å². The Kier molecular flexibility index (Phi) is 4.51. The summed E-state index contributed by atoms with van der Waals surface area (Å²) in [6.45, 7) is 6.16. The van der Waals surface area contributed by atoms with Crippen molar-refractivity contribution < 1.29 is 13.6 Å². The van der Waals surface area contributed by atoms with E-state index in [4.69, 9.17) is 9.05 Å². The minimum atomic E-state index is -3.05. The predicted molar refractivity (Wildman–Crippen MR) is 56.7 cm³/mol. The van der Waals surface area contributed by atoms with Gasteiger partial charge in [0.05, 0.1) is 13.2 Å². The van der Waals surface area contributed by atoms with Crippen molar-refractivity contribution in [2.24, 2.45) is 0 Å². The van der Waals surface area contributed by atoms with Crippen LogP contribution in [0.5, 0.6) is 0 Å². The molecule has 0 amide bonds. The van der Waals surface area contributed by atoms with Gasteiger partial charge in [0.1, 0.15) is 12.5 Å². The molecule has 0 atom stereocenters. The lowest BCUT2D eigenvalue weighted by molar-refractivity contribution is 0.213. The van der Waals surface area contributed by atoms with Crippen LogP contribution in [0.15, 0.2) is 6.07 Å². The quantitative estimate of drug-likeness (QED) is 0.704. The van der Waals surface area contributed by atoms with Gasteiger partial charge in [-0.05, 0) is 26.8 Å². The lowest BCUT2D eigenvalue weighted by atomic mass is 10.5. The summed E-state index contributed by atoms with van der Waals surface area (Å²) in [7, 11) is -3.05. The average molecular weight is 231 g/mol. The zero-order valence-electron chi connectivity index (χ0n) is 9.27. The molecule has 1 aromatic rings. The molecule has 0 aromatic carbocycles. The summed E-state index contributed by atoms with van der Waals surface area (Å²) in [5.41, 5.74) is 0.884. The predicted octanol–water partition coefficient (Wildman–Crippen LogP) is 2.22. The highest BCUT2D eigenvalue weighted by molar-refractivity contribution is 7.52. The smallest absolute Gasteiger partial charge is 0.308 e. The maximum Gasteiger partial charge on any atom is 0.351 e. The van der Waals surface area contributed by atoms with Crippen LogP contribution in [0, 0.1) is 13.1 Å². The van der Waals surface area contributed by atoms with Crippen molar-refractivity contribution in [2.75, 3.05) is 13.2 Å². The SMILES string of the molecule is CCOP(=O)(Cn1n[c]cc1C)OCC. The molecule has 85 valence electrons. The van der Waals surface area contributed by atoms with Crippen molar-refractivity contribution >= 4 is 7.60 Å². The molecule has 0 fully saturated rings. The molecular weight excluding hydrogens is 215 g/mol. The van der Waals surface area contributed by atoms with Gasteiger partial charge in [-0.2, -0.15) is 5.10 Å². The maximum absolute atomic E-state index is 12.1. The van der Waals surface area contributed by atoms with E-state index in [1.807, 2.05) is 6.92 Å². The van der Waals surface area contributed by atoms with Gasteiger partial charge in [0.25, 0.3) is 0 Å². The Bertz CT molecular complexity index is 341. The molecule has 1 heterocycles. The molecule has 0 aliphatic carbocycles. The van der Waals surface area contributed by atoms with Crippen LogP contribution in [0.3, 0.4) is 0 Å². The van der Waals surface area contributed by atoms with Gasteiger partial charge in [-0.15, -0.1) is 0 Å². The van der Waals surface area contributed by atoms with Crippen molar-refractivity contribution in [2.45, 2.75) is 27.1 Å². The summed E-state index contributed by atoms with van der Waals surface area (Å²) in [4.78, 5) is 0. The van der Waals surface area contributed by atoms with E-state index in [1.165, 1.54) is 0 Å². The molecule has 1 rings (SSSR count). The number of hydrogen-bond donors (Lipinski definition) is 0. The Balaban J connectivity index is 2.75. The van der Waals surface area contributed by atoms with E-state index in [-0.39, 0.29) is 6.29 Å². The van der Waals surface area contributed by atoms with Crippen molar-refractivity contribution in [3.63, 3.8) is 0 Å². The summed E-state index contributed by atoms with van der Waals surface area (Å²) in [5.74, 6) is 0. The Hall–Kier alpha value is -0.640. The molecule has 1 aromatic heterocycles. The largest absolute Gasteiger partial charge is 0.351 e. The van der Waals surface area contributed by atoms with E-state index >= 15 is 0 Å². The second-order valence-electron chi connectivity index (χ2n) is 3.00. The Labute approximate surface area is 89.9 Å². The fourth-order valence-electron chi connectivity index (χ4n) is 1.16. The topological polar surface area (TPSA) is 53.4 Å². The van der Waals surface area contributed by atoms with Crippen molar-refractivity contribution in [3.8, 4) is 0 Å². The third-order valence-corrected chi connectivity index (χ3v) is 3.74. The third kappa shape index (κ3) is 3.45. The van der Waals surface area contributed by atoms with E-state index in [9.17, 15) is 4.57 Å². The van der Waals surface area contributed by atoms with Crippen LogP contribution in [0.25, 0.3) is 0 Å². The lowest BCUT2D eigenvalue weighted by Crippen LogP contribution is -2.07. The second-order valence-corrected chi connectivity index (χ2v) is 5.02. The van der Waals surface area contributed by atoms with Gasteiger partial charge in [-0.3, -0.25) is 9.25 Å². The normalized spacial score (nSPS) is 11.9. The molecular formula is C9H16N2O3P. The van der Waals surface area contributed by atoms with Crippen LogP contribution in [0.4, 0.5) is 0 Å². The summed E-state index contributed by atoms with van der Waals surface area (Å²) >= 11 is 0. The highest BCUT2D eigenvalue weighted by atomic mass is 31.2. The van der Waals surface area contributed by atoms with E-state index in [1.54, 1.807) is 24.6 Å². The van der Waals surface area contributed by atoms with Crippen LogP contribution in [-0.2, 0) is 19.9 Å². The van der Waals surface area contributed by atoms with Gasteiger partial charge >= 0.3 is 7.60 Å². The minimum absolute atomic E-state index is 0.143. The Morgan fingerprint density at radius 1 is 1.47 bits per heavy atom. The van der Waals surface area contributed by atoms with Gasteiger partial charge in [0, 0.05) is 5.69 Å². The minimum Gasteiger partial charge on any atom is -0.308 e. The monoisotopic (exact) mass is 231 g/mol. The van der Waals surface area contributed by atoms with Crippen LogP contribution in [-0.4, -0.2) is 23.0 Å². The molecule has 0 saturated carbocycles. The van der Waals surface area contributed by atoms with E-state index in [0.717, 1.165) is 5.69 Å². The standard InChI is InChI=1S/C9H16N2O3P/c1-4-13-15(12,14-5-2)8-11-9(3)6-7-10-11/h6H,4-5,8H2,1-3H3. The summed E-state index contributed by atoms with van der Waals surface area (Å²) in [5, 5.41) is 3.92. The zero-order valence-corrected chi connectivity index (χ0v) is 10.2. The van der Waals surface area contributed by atoms with Crippen LogP contribution in [0.2, 0.25) is 0 Å². The Morgan fingerprint density at radius 2 is 2.07 bits per heavy atom. The molecule has 1 radical (unpaired) electrons. The van der Waals surface area contributed by atoms with Gasteiger partial charge in [-0.1, -0.05) is 0 Å². The lowest BCUT2D eigenvalue weighted by Gasteiger charge is -2.17. The molecule has 0 aliphatic rings. The first-order valence-electron chi connectivity index (χ1n) is 4.90. The number of rotatable bonds is 6. The molecule has 0 saturated heterocycles. The molecule has 0 unspecified atom stereocenters. The van der Waals surface area contributed by atoms with E-state index < -0.39 is 7.60 Å². The van der Waals surface area contributed by atoms with E-state index in [0.29, 0.717) is 13.2 Å². The van der Waals surface area contributed by atoms with Crippen molar-refractivity contribution in [1.29, 1.82) is 0 Å². The highest BCUT2D eigenvalue weighted by Crippen LogP contribution is 2.49. The molecule has 0 spiro atoms. The first kappa shape index (κ1) is 12.4. The number of aryl methyl sites for hydroxylation is 1. The van der Waals surface area contributed by atoms with Crippen molar-refractivity contribution in [1.82, 2.24) is 9.78 Å². The Morgan fingerprint density at radius 3 is 2.47 bits per heavy atom. The molecule has 5 nitrogen and oxygen atoms in total. The summed E-state index contributed by atoms with van der Waals surface area (Å²) in [6.07, 6.45) is 2.83. The number of aromatic nitrogens is 2. The summed E-state index contributed by atoms with van der Waals surface area (Å²) in [6, 6.07) is 1.72. The van der Waals surface area contributed by atoms with E-state index in [2.05, 4.69) is 11.3 Å². The summed E-state index contributed by atoms with van der Waals surface area (Å²) < 4.78 is 24.0. The maximum atomic E-state index is 12.1. The average Bonchev–Trinajstić information content (AvgIpc) is 2.52.